The Labute approximate surface area is 84.6 Å². The van der Waals surface area contributed by atoms with Crippen molar-refractivity contribution in [2.75, 3.05) is 0 Å². The molecule has 2 N–H and O–H groups in total. The molecule has 0 aliphatic heterocycles. The van der Waals surface area contributed by atoms with Gasteiger partial charge in [-0.2, -0.15) is 0 Å². The van der Waals surface area contributed by atoms with E-state index in [-0.39, 0.29) is 11.3 Å². The fraction of sp³-hybridized carbons (Fsp3) is 0.200. The summed E-state index contributed by atoms with van der Waals surface area (Å²) in [5, 5.41) is 9.61. The highest BCUT2D eigenvalue weighted by molar-refractivity contribution is 5.78. The topological polar surface area (TPSA) is 75.1 Å². The summed E-state index contributed by atoms with van der Waals surface area (Å²) in [4.78, 5) is 25.7. The molecule has 0 spiro atoms. The molecule has 5 nitrogen and oxygen atoms in total. The van der Waals surface area contributed by atoms with Crippen molar-refractivity contribution in [1.29, 1.82) is 0 Å². The number of benzene rings is 1. The molecule has 0 amide bonds. The van der Waals surface area contributed by atoms with Gasteiger partial charge in [-0.1, -0.05) is 0 Å². The van der Waals surface area contributed by atoms with Gasteiger partial charge in [0.05, 0.1) is 10.9 Å². The number of phenols is 1. The average molecular weight is 206 g/mol. The lowest BCUT2D eigenvalue weighted by Gasteiger charge is -2.03. The van der Waals surface area contributed by atoms with Crippen molar-refractivity contribution in [3.63, 3.8) is 0 Å². The van der Waals surface area contributed by atoms with Crippen molar-refractivity contribution < 1.29 is 5.11 Å². The van der Waals surface area contributed by atoms with Crippen LogP contribution in [0.5, 0.6) is 5.75 Å². The molecule has 0 bridgehead atoms. The van der Waals surface area contributed by atoms with Gasteiger partial charge in [0.25, 0.3) is 5.56 Å². The van der Waals surface area contributed by atoms with Gasteiger partial charge in [-0.05, 0) is 19.1 Å². The van der Waals surface area contributed by atoms with E-state index in [4.69, 9.17) is 0 Å². The lowest BCUT2D eigenvalue weighted by Crippen LogP contribution is -2.34. The van der Waals surface area contributed by atoms with Crippen molar-refractivity contribution in [2.24, 2.45) is 0 Å². The molecule has 2 aromatic rings. The molecule has 1 heterocycles. The Kier molecular flexibility index (Phi) is 2.07. The first kappa shape index (κ1) is 9.51. The molecule has 0 atom stereocenters. The number of aromatic amines is 1. The molecule has 1 aromatic carbocycles. The van der Waals surface area contributed by atoms with Crippen molar-refractivity contribution >= 4 is 10.9 Å². The molecule has 0 unspecified atom stereocenters. The molecule has 0 aliphatic rings. The van der Waals surface area contributed by atoms with E-state index < -0.39 is 5.69 Å². The Bertz CT molecular complexity index is 625. The summed E-state index contributed by atoms with van der Waals surface area (Å²) in [5.74, 6) is 0.0202. The molecule has 0 aliphatic carbocycles. The van der Waals surface area contributed by atoms with Gasteiger partial charge in [-0.3, -0.25) is 9.36 Å². The number of nitrogens with zero attached hydrogens (tertiary/aromatic N) is 1. The van der Waals surface area contributed by atoms with Crippen LogP contribution in [0.2, 0.25) is 0 Å². The normalized spacial score (nSPS) is 10.7. The van der Waals surface area contributed by atoms with E-state index in [1.807, 2.05) is 0 Å². The summed E-state index contributed by atoms with van der Waals surface area (Å²) in [6, 6.07) is 4.27. The number of hydrogen-bond acceptors (Lipinski definition) is 3. The highest BCUT2D eigenvalue weighted by atomic mass is 16.3. The Hall–Kier alpha value is -2.04. The zero-order valence-electron chi connectivity index (χ0n) is 8.15. The zero-order valence-corrected chi connectivity index (χ0v) is 8.15. The van der Waals surface area contributed by atoms with E-state index >= 15 is 0 Å². The van der Waals surface area contributed by atoms with Gasteiger partial charge in [-0.25, -0.2) is 4.79 Å². The van der Waals surface area contributed by atoms with E-state index in [0.717, 1.165) is 4.57 Å². The maximum absolute atomic E-state index is 11.8. The van der Waals surface area contributed by atoms with E-state index in [1.165, 1.54) is 18.2 Å². The minimum absolute atomic E-state index is 0.0202. The second-order valence-corrected chi connectivity index (χ2v) is 3.21. The minimum atomic E-state index is -0.458. The van der Waals surface area contributed by atoms with Gasteiger partial charge >= 0.3 is 5.69 Å². The van der Waals surface area contributed by atoms with Gasteiger partial charge < -0.3 is 10.1 Å². The Balaban J connectivity index is 2.98. The highest BCUT2D eigenvalue weighted by Crippen LogP contribution is 2.13. The van der Waals surface area contributed by atoms with Crippen LogP contribution in [0.1, 0.15) is 6.92 Å². The molecular weight excluding hydrogens is 196 g/mol. The second-order valence-electron chi connectivity index (χ2n) is 3.21. The number of aromatic nitrogens is 2. The summed E-state index contributed by atoms with van der Waals surface area (Å²) < 4.78 is 1.11. The summed E-state index contributed by atoms with van der Waals surface area (Å²) in [6.07, 6.45) is 0. The third kappa shape index (κ3) is 1.41. The minimum Gasteiger partial charge on any atom is -0.508 e. The lowest BCUT2D eigenvalue weighted by atomic mass is 10.2. The van der Waals surface area contributed by atoms with Crippen molar-refractivity contribution in [1.82, 2.24) is 9.55 Å². The summed E-state index contributed by atoms with van der Waals surface area (Å²) in [6.45, 7) is 2.05. The highest BCUT2D eigenvalue weighted by Gasteiger charge is 2.05. The number of rotatable bonds is 1. The van der Waals surface area contributed by atoms with E-state index in [2.05, 4.69) is 4.98 Å². The molecule has 1 aromatic heterocycles. The number of hydrogen-bond donors (Lipinski definition) is 2. The number of fused-ring (bicyclic) bond motifs is 1. The molecule has 0 radical (unpaired) electrons. The van der Waals surface area contributed by atoms with Crippen LogP contribution in [0.25, 0.3) is 10.9 Å². The van der Waals surface area contributed by atoms with E-state index in [9.17, 15) is 14.7 Å². The third-order valence-corrected chi connectivity index (χ3v) is 2.28. The molecule has 0 saturated carbocycles. The Morgan fingerprint density at radius 2 is 2.13 bits per heavy atom. The van der Waals surface area contributed by atoms with Crippen molar-refractivity contribution in [2.45, 2.75) is 13.5 Å². The zero-order chi connectivity index (χ0) is 11.0. The fourth-order valence-corrected chi connectivity index (χ4v) is 1.53. The molecule has 2 rings (SSSR count). The van der Waals surface area contributed by atoms with Crippen LogP contribution in [0, 0.1) is 0 Å². The molecule has 5 heteroatoms. The SMILES string of the molecule is CCn1c(=O)[nH]c2cc(O)ccc2c1=O. The van der Waals surface area contributed by atoms with Crippen molar-refractivity contribution in [3.8, 4) is 5.75 Å². The van der Waals surface area contributed by atoms with E-state index in [1.54, 1.807) is 6.92 Å². The summed E-state index contributed by atoms with van der Waals surface area (Å²) >= 11 is 0. The molecular formula is C10H10N2O3. The predicted octanol–water partition coefficient (Wildman–Crippen LogP) is 0.415. The maximum atomic E-state index is 11.8. The average Bonchev–Trinajstić information content (AvgIpc) is 2.17. The lowest BCUT2D eigenvalue weighted by molar-refractivity contribution is 0.476. The fourth-order valence-electron chi connectivity index (χ4n) is 1.53. The van der Waals surface area contributed by atoms with Crippen LogP contribution in [0.15, 0.2) is 27.8 Å². The molecule has 78 valence electrons. The first-order chi connectivity index (χ1) is 7.13. The monoisotopic (exact) mass is 206 g/mol. The standard InChI is InChI=1S/C10H10N2O3/c1-2-12-9(14)7-4-3-6(13)5-8(7)11-10(12)15/h3-5,13H,2H2,1H3,(H,11,15). The Morgan fingerprint density at radius 3 is 2.80 bits per heavy atom. The van der Waals surface area contributed by atoms with Gasteiger partial charge in [0.1, 0.15) is 5.75 Å². The quantitative estimate of drug-likeness (QED) is 0.709. The first-order valence-corrected chi connectivity index (χ1v) is 4.59. The molecule has 0 fully saturated rings. The maximum Gasteiger partial charge on any atom is 0.328 e. The van der Waals surface area contributed by atoms with Gasteiger partial charge in [0, 0.05) is 12.6 Å². The third-order valence-electron chi connectivity index (χ3n) is 2.28. The number of aromatic hydroxyl groups is 1. The van der Waals surface area contributed by atoms with Crippen LogP contribution in [0.4, 0.5) is 0 Å². The van der Waals surface area contributed by atoms with Gasteiger partial charge in [-0.15, -0.1) is 0 Å². The summed E-state index contributed by atoms with van der Waals surface area (Å²) in [5.41, 5.74) is -0.438. The van der Waals surface area contributed by atoms with Crippen molar-refractivity contribution in [3.05, 3.63) is 39.0 Å². The van der Waals surface area contributed by atoms with Gasteiger partial charge in [0.2, 0.25) is 0 Å². The molecule has 15 heavy (non-hydrogen) atoms. The van der Waals surface area contributed by atoms with Crippen LogP contribution in [-0.2, 0) is 6.54 Å². The van der Waals surface area contributed by atoms with Crippen LogP contribution < -0.4 is 11.2 Å². The number of phenolic OH excluding ortho intramolecular Hbond substituents is 1. The Morgan fingerprint density at radius 1 is 1.40 bits per heavy atom. The number of H-pyrrole nitrogens is 1. The van der Waals surface area contributed by atoms with Crippen LogP contribution in [-0.4, -0.2) is 14.7 Å². The molecule has 0 saturated heterocycles. The summed E-state index contributed by atoms with van der Waals surface area (Å²) in [7, 11) is 0. The van der Waals surface area contributed by atoms with Gasteiger partial charge in [0.15, 0.2) is 0 Å². The van der Waals surface area contributed by atoms with E-state index in [0.29, 0.717) is 17.4 Å². The van der Waals surface area contributed by atoms with Crippen LogP contribution in [0.3, 0.4) is 0 Å². The first-order valence-electron chi connectivity index (χ1n) is 4.59. The van der Waals surface area contributed by atoms with Crippen LogP contribution >= 0.6 is 0 Å². The second kappa shape index (κ2) is 3.27. The largest absolute Gasteiger partial charge is 0.508 e. The predicted molar refractivity (Wildman–Crippen MR) is 56.2 cm³/mol. The number of nitrogens with one attached hydrogen (secondary N) is 1. The smallest absolute Gasteiger partial charge is 0.328 e.